The van der Waals surface area contributed by atoms with Crippen LogP contribution in [0.25, 0.3) is 0 Å². The predicted octanol–water partition coefficient (Wildman–Crippen LogP) is 3.88. The van der Waals surface area contributed by atoms with E-state index in [9.17, 15) is 14.9 Å². The molecular weight excluding hydrogens is 336 g/mol. The Bertz CT molecular complexity index is 791. The van der Waals surface area contributed by atoms with Crippen LogP contribution in [-0.4, -0.2) is 24.0 Å². The minimum Gasteiger partial charge on any atom is -0.490 e. The van der Waals surface area contributed by atoms with Gasteiger partial charge in [-0.1, -0.05) is 12.1 Å². The van der Waals surface area contributed by atoms with Crippen molar-refractivity contribution in [3.63, 3.8) is 0 Å². The first-order valence-corrected chi connectivity index (χ1v) is 8.41. The molecule has 0 unspecified atom stereocenters. The monoisotopic (exact) mass is 358 g/mol. The van der Waals surface area contributed by atoms with Gasteiger partial charge in [0, 0.05) is 17.7 Å². The van der Waals surface area contributed by atoms with E-state index >= 15 is 0 Å². The Kier molecular flexibility index (Phi) is 6.54. The standard InChI is InChI=1S/C19H22N2O5/c1-4-25-17-10-9-14(12-18(17)26-5-2)13(3)20-19(22)15-7-6-8-16(11-15)21(23)24/h6-13H,4-5H2,1-3H3,(H,20,22)/t13-/m1/s1. The third-order valence-corrected chi connectivity index (χ3v) is 3.73. The van der Waals surface area contributed by atoms with E-state index in [-0.39, 0.29) is 23.2 Å². The lowest BCUT2D eigenvalue weighted by Gasteiger charge is -2.17. The molecule has 2 aromatic rings. The Labute approximate surface area is 152 Å². The number of nitrogens with zero attached hydrogens (tertiary/aromatic N) is 1. The number of nitro groups is 1. The molecule has 0 heterocycles. The van der Waals surface area contributed by atoms with E-state index in [2.05, 4.69) is 5.32 Å². The molecule has 0 fully saturated rings. The number of nitro benzene ring substituents is 1. The van der Waals surface area contributed by atoms with Crippen molar-refractivity contribution >= 4 is 11.6 Å². The van der Waals surface area contributed by atoms with Gasteiger partial charge >= 0.3 is 0 Å². The molecule has 138 valence electrons. The normalized spacial score (nSPS) is 11.5. The summed E-state index contributed by atoms with van der Waals surface area (Å²) in [5.41, 5.74) is 0.961. The van der Waals surface area contributed by atoms with Gasteiger partial charge in [0.25, 0.3) is 11.6 Å². The van der Waals surface area contributed by atoms with Gasteiger partial charge < -0.3 is 14.8 Å². The Balaban J connectivity index is 2.17. The number of hydrogen-bond acceptors (Lipinski definition) is 5. The molecule has 0 spiro atoms. The van der Waals surface area contributed by atoms with Crippen LogP contribution >= 0.6 is 0 Å². The summed E-state index contributed by atoms with van der Waals surface area (Å²) in [5.74, 6) is 0.881. The first kappa shape index (κ1) is 19.2. The van der Waals surface area contributed by atoms with Gasteiger partial charge in [-0.15, -0.1) is 0 Å². The zero-order valence-corrected chi connectivity index (χ0v) is 15.0. The number of rotatable bonds is 8. The number of nitrogens with one attached hydrogen (secondary N) is 1. The Hall–Kier alpha value is -3.09. The van der Waals surface area contributed by atoms with Gasteiger partial charge in [-0.3, -0.25) is 14.9 Å². The minimum absolute atomic E-state index is 0.120. The molecule has 1 atom stereocenters. The molecule has 0 radical (unpaired) electrons. The van der Waals surface area contributed by atoms with Crippen LogP contribution in [0.2, 0.25) is 0 Å². The van der Waals surface area contributed by atoms with Gasteiger partial charge in [0.1, 0.15) is 0 Å². The van der Waals surface area contributed by atoms with E-state index in [0.717, 1.165) is 5.56 Å². The fraction of sp³-hybridized carbons (Fsp3) is 0.316. The number of carbonyl (C=O) groups excluding carboxylic acids is 1. The number of hydrogen-bond donors (Lipinski definition) is 1. The molecule has 0 aliphatic carbocycles. The molecule has 7 heteroatoms. The lowest BCUT2D eigenvalue weighted by molar-refractivity contribution is -0.384. The van der Waals surface area contributed by atoms with Gasteiger partial charge in [-0.05, 0) is 44.5 Å². The molecule has 26 heavy (non-hydrogen) atoms. The first-order valence-electron chi connectivity index (χ1n) is 8.41. The summed E-state index contributed by atoms with van der Waals surface area (Å²) in [5, 5.41) is 13.7. The van der Waals surface area contributed by atoms with E-state index in [1.807, 2.05) is 32.9 Å². The molecule has 0 aliphatic heterocycles. The average molecular weight is 358 g/mol. The second kappa shape index (κ2) is 8.84. The first-order chi connectivity index (χ1) is 12.5. The largest absolute Gasteiger partial charge is 0.490 e. The van der Waals surface area contributed by atoms with Crippen molar-refractivity contribution in [2.75, 3.05) is 13.2 Å². The highest BCUT2D eigenvalue weighted by molar-refractivity contribution is 5.95. The summed E-state index contributed by atoms with van der Waals surface area (Å²) in [6.07, 6.45) is 0. The van der Waals surface area contributed by atoms with Crippen LogP contribution in [0.15, 0.2) is 42.5 Å². The van der Waals surface area contributed by atoms with E-state index < -0.39 is 4.92 Å². The lowest BCUT2D eigenvalue weighted by atomic mass is 10.1. The van der Waals surface area contributed by atoms with Crippen molar-refractivity contribution in [1.82, 2.24) is 5.32 Å². The molecule has 2 rings (SSSR count). The number of ether oxygens (including phenoxy) is 2. The molecule has 0 saturated heterocycles. The highest BCUT2D eigenvalue weighted by Gasteiger charge is 2.16. The van der Waals surface area contributed by atoms with Crippen molar-refractivity contribution in [2.45, 2.75) is 26.8 Å². The lowest BCUT2D eigenvalue weighted by Crippen LogP contribution is -2.26. The van der Waals surface area contributed by atoms with Gasteiger partial charge in [-0.2, -0.15) is 0 Å². The molecule has 0 saturated carbocycles. The number of carbonyl (C=O) groups is 1. The van der Waals surface area contributed by atoms with E-state index in [1.165, 1.54) is 18.2 Å². The van der Waals surface area contributed by atoms with Crippen LogP contribution in [0.3, 0.4) is 0 Å². The summed E-state index contributed by atoms with van der Waals surface area (Å²) < 4.78 is 11.1. The van der Waals surface area contributed by atoms with E-state index in [1.54, 1.807) is 12.1 Å². The predicted molar refractivity (Wildman–Crippen MR) is 97.8 cm³/mol. The maximum Gasteiger partial charge on any atom is 0.270 e. The topological polar surface area (TPSA) is 90.7 Å². The summed E-state index contributed by atoms with van der Waals surface area (Å²) in [6, 6.07) is 10.8. The summed E-state index contributed by atoms with van der Waals surface area (Å²) in [6.45, 7) is 6.64. The zero-order valence-electron chi connectivity index (χ0n) is 15.0. The van der Waals surface area contributed by atoms with Crippen molar-refractivity contribution in [2.24, 2.45) is 0 Å². The van der Waals surface area contributed by atoms with Crippen LogP contribution in [0.4, 0.5) is 5.69 Å². The quantitative estimate of drug-likeness (QED) is 0.571. The van der Waals surface area contributed by atoms with Gasteiger partial charge in [0.2, 0.25) is 0 Å². The van der Waals surface area contributed by atoms with Crippen LogP contribution in [0.1, 0.15) is 42.7 Å². The van der Waals surface area contributed by atoms with Gasteiger partial charge in [0.05, 0.1) is 24.2 Å². The van der Waals surface area contributed by atoms with Crippen molar-refractivity contribution < 1.29 is 19.2 Å². The second-order valence-corrected chi connectivity index (χ2v) is 5.57. The maximum absolute atomic E-state index is 12.4. The SMILES string of the molecule is CCOc1ccc([C@@H](C)NC(=O)c2cccc([N+](=O)[O-])c2)cc1OCC. The summed E-state index contributed by atoms with van der Waals surface area (Å²) in [4.78, 5) is 22.7. The van der Waals surface area contributed by atoms with Crippen LogP contribution < -0.4 is 14.8 Å². The highest BCUT2D eigenvalue weighted by atomic mass is 16.6. The summed E-state index contributed by atoms with van der Waals surface area (Å²) in [7, 11) is 0. The fourth-order valence-electron chi connectivity index (χ4n) is 2.46. The average Bonchev–Trinajstić information content (AvgIpc) is 2.63. The smallest absolute Gasteiger partial charge is 0.270 e. The van der Waals surface area contributed by atoms with Crippen LogP contribution in [0, 0.1) is 10.1 Å². The van der Waals surface area contributed by atoms with E-state index in [0.29, 0.717) is 24.7 Å². The molecule has 0 aliphatic rings. The second-order valence-electron chi connectivity index (χ2n) is 5.57. The molecule has 2 aromatic carbocycles. The van der Waals surface area contributed by atoms with Crippen LogP contribution in [-0.2, 0) is 0 Å². The third-order valence-electron chi connectivity index (χ3n) is 3.73. The highest BCUT2D eigenvalue weighted by Crippen LogP contribution is 2.30. The van der Waals surface area contributed by atoms with E-state index in [4.69, 9.17) is 9.47 Å². The van der Waals surface area contributed by atoms with Crippen molar-refractivity contribution in [3.8, 4) is 11.5 Å². The number of non-ortho nitro benzene ring substituents is 1. The van der Waals surface area contributed by atoms with Gasteiger partial charge in [-0.25, -0.2) is 0 Å². The zero-order chi connectivity index (χ0) is 19.1. The minimum atomic E-state index is -0.527. The molecule has 1 amide bonds. The van der Waals surface area contributed by atoms with Crippen molar-refractivity contribution in [1.29, 1.82) is 0 Å². The molecule has 0 aromatic heterocycles. The fourth-order valence-corrected chi connectivity index (χ4v) is 2.46. The van der Waals surface area contributed by atoms with Gasteiger partial charge in [0.15, 0.2) is 11.5 Å². The third kappa shape index (κ3) is 4.72. The molecule has 7 nitrogen and oxygen atoms in total. The number of benzene rings is 2. The Morgan fingerprint density at radius 2 is 1.81 bits per heavy atom. The Morgan fingerprint density at radius 1 is 1.12 bits per heavy atom. The Morgan fingerprint density at radius 3 is 2.46 bits per heavy atom. The number of amides is 1. The van der Waals surface area contributed by atoms with Crippen molar-refractivity contribution in [3.05, 3.63) is 63.7 Å². The summed E-state index contributed by atoms with van der Waals surface area (Å²) >= 11 is 0. The molecule has 0 bridgehead atoms. The molecular formula is C19H22N2O5. The maximum atomic E-state index is 12.4. The van der Waals surface area contributed by atoms with Crippen LogP contribution in [0.5, 0.6) is 11.5 Å². The molecule has 1 N–H and O–H groups in total.